The largest absolute Gasteiger partial charge is 0.357 e. The summed E-state index contributed by atoms with van der Waals surface area (Å²) in [7, 11) is 0. The first-order valence-electron chi connectivity index (χ1n) is 7.50. The summed E-state index contributed by atoms with van der Waals surface area (Å²) in [5, 5.41) is 9.94. The van der Waals surface area contributed by atoms with Crippen LogP contribution in [-0.4, -0.2) is 27.6 Å². The van der Waals surface area contributed by atoms with Gasteiger partial charge in [-0.25, -0.2) is 10.5 Å². The van der Waals surface area contributed by atoms with Crippen molar-refractivity contribution in [3.05, 3.63) is 59.4 Å². The number of aromatic amines is 1. The number of carbonyl (C=O) groups excluding carboxylic acids is 1. The van der Waals surface area contributed by atoms with Gasteiger partial charge in [0.15, 0.2) is 0 Å². The van der Waals surface area contributed by atoms with Crippen LogP contribution in [0.1, 0.15) is 21.6 Å². The standard InChI is InChI=1S/C17H16N4O2/c22-17(20-23)11-5-6-16(18-9-11)21-8-7-13-12-3-1-2-4-14(12)19-15(13)10-21/h1-6,9,19,23H,7-8,10H2,(H,20,22). The van der Waals surface area contributed by atoms with Crippen LogP contribution in [0, 0.1) is 0 Å². The number of aromatic nitrogens is 2. The van der Waals surface area contributed by atoms with Crippen LogP contribution in [0.2, 0.25) is 0 Å². The SMILES string of the molecule is O=C(NO)c1ccc(N2CCc3c([nH]c4ccccc34)C2)nc1. The maximum absolute atomic E-state index is 11.3. The summed E-state index contributed by atoms with van der Waals surface area (Å²) in [6, 6.07) is 11.8. The van der Waals surface area contributed by atoms with Crippen molar-refractivity contribution < 1.29 is 10.0 Å². The molecule has 0 spiro atoms. The van der Waals surface area contributed by atoms with E-state index >= 15 is 0 Å². The fraction of sp³-hybridized carbons (Fsp3) is 0.176. The van der Waals surface area contributed by atoms with Crippen LogP contribution in [-0.2, 0) is 13.0 Å². The Morgan fingerprint density at radius 2 is 2.13 bits per heavy atom. The fourth-order valence-corrected chi connectivity index (χ4v) is 3.16. The normalized spacial score (nSPS) is 13.9. The van der Waals surface area contributed by atoms with Gasteiger partial charge < -0.3 is 9.88 Å². The zero-order chi connectivity index (χ0) is 15.8. The number of hydrogen-bond acceptors (Lipinski definition) is 4. The van der Waals surface area contributed by atoms with Gasteiger partial charge in [0.1, 0.15) is 5.82 Å². The topological polar surface area (TPSA) is 81.2 Å². The van der Waals surface area contributed by atoms with E-state index in [2.05, 4.69) is 33.1 Å². The number of H-pyrrole nitrogens is 1. The molecule has 0 saturated carbocycles. The first-order valence-corrected chi connectivity index (χ1v) is 7.50. The molecule has 6 nitrogen and oxygen atoms in total. The van der Waals surface area contributed by atoms with E-state index in [4.69, 9.17) is 5.21 Å². The van der Waals surface area contributed by atoms with Crippen LogP contribution in [0.15, 0.2) is 42.6 Å². The van der Waals surface area contributed by atoms with Crippen molar-refractivity contribution in [1.29, 1.82) is 0 Å². The van der Waals surface area contributed by atoms with Gasteiger partial charge in [-0.15, -0.1) is 0 Å². The first kappa shape index (κ1) is 13.8. The van der Waals surface area contributed by atoms with E-state index < -0.39 is 5.91 Å². The van der Waals surface area contributed by atoms with E-state index in [0.717, 1.165) is 25.3 Å². The Morgan fingerprint density at radius 1 is 1.26 bits per heavy atom. The Morgan fingerprint density at radius 3 is 2.91 bits per heavy atom. The third-order valence-electron chi connectivity index (χ3n) is 4.32. The molecule has 0 unspecified atom stereocenters. The Bertz CT molecular complexity index is 870. The van der Waals surface area contributed by atoms with Crippen LogP contribution >= 0.6 is 0 Å². The van der Waals surface area contributed by atoms with E-state index in [1.165, 1.54) is 28.4 Å². The van der Waals surface area contributed by atoms with Gasteiger partial charge in [-0.05, 0) is 30.2 Å². The Labute approximate surface area is 132 Å². The molecule has 3 N–H and O–H groups in total. The van der Waals surface area contributed by atoms with Crippen molar-refractivity contribution in [3.63, 3.8) is 0 Å². The molecule has 6 heteroatoms. The summed E-state index contributed by atoms with van der Waals surface area (Å²) >= 11 is 0. The molecule has 2 aromatic heterocycles. The predicted molar refractivity (Wildman–Crippen MR) is 86.5 cm³/mol. The van der Waals surface area contributed by atoms with E-state index in [0.29, 0.717) is 5.56 Å². The quantitative estimate of drug-likeness (QED) is 0.501. The average molecular weight is 308 g/mol. The highest BCUT2D eigenvalue weighted by Gasteiger charge is 2.21. The summed E-state index contributed by atoms with van der Waals surface area (Å²) in [5.41, 5.74) is 5.71. The highest BCUT2D eigenvalue weighted by Crippen LogP contribution is 2.29. The molecular weight excluding hydrogens is 292 g/mol. The van der Waals surface area contributed by atoms with Crippen LogP contribution in [0.5, 0.6) is 0 Å². The van der Waals surface area contributed by atoms with Crippen LogP contribution in [0.25, 0.3) is 10.9 Å². The average Bonchev–Trinajstić information content (AvgIpc) is 2.99. The molecule has 3 aromatic rings. The summed E-state index contributed by atoms with van der Waals surface area (Å²) in [6.45, 7) is 1.65. The molecule has 1 aliphatic heterocycles. The first-order chi connectivity index (χ1) is 11.3. The number of benzene rings is 1. The van der Waals surface area contributed by atoms with Crippen LogP contribution in [0.4, 0.5) is 5.82 Å². The number of para-hydroxylation sites is 1. The second-order valence-electron chi connectivity index (χ2n) is 5.65. The number of pyridine rings is 1. The third-order valence-corrected chi connectivity index (χ3v) is 4.32. The molecule has 0 bridgehead atoms. The van der Waals surface area contributed by atoms with Gasteiger partial charge in [0, 0.05) is 29.3 Å². The van der Waals surface area contributed by atoms with Gasteiger partial charge in [0.05, 0.1) is 12.1 Å². The number of carbonyl (C=O) groups is 1. The lowest BCUT2D eigenvalue weighted by molar-refractivity contribution is 0.0706. The minimum absolute atomic E-state index is 0.333. The number of fused-ring (bicyclic) bond motifs is 3. The monoisotopic (exact) mass is 308 g/mol. The maximum Gasteiger partial charge on any atom is 0.276 e. The van der Waals surface area contributed by atoms with E-state index in [1.807, 2.05) is 6.07 Å². The van der Waals surface area contributed by atoms with Crippen molar-refractivity contribution in [2.24, 2.45) is 0 Å². The predicted octanol–water partition coefficient (Wildman–Crippen LogP) is 2.24. The zero-order valence-corrected chi connectivity index (χ0v) is 12.4. The molecule has 3 heterocycles. The number of hydroxylamine groups is 1. The summed E-state index contributed by atoms with van der Waals surface area (Å²) in [5.74, 6) is 0.268. The van der Waals surface area contributed by atoms with Crippen LogP contribution < -0.4 is 10.4 Å². The lowest BCUT2D eigenvalue weighted by Gasteiger charge is -2.28. The number of rotatable bonds is 2. The van der Waals surface area contributed by atoms with Gasteiger partial charge in [0.25, 0.3) is 5.91 Å². The lowest BCUT2D eigenvalue weighted by Crippen LogP contribution is -2.31. The Kier molecular flexibility index (Phi) is 3.24. The highest BCUT2D eigenvalue weighted by molar-refractivity contribution is 5.93. The number of nitrogens with zero attached hydrogens (tertiary/aromatic N) is 2. The summed E-state index contributed by atoms with van der Waals surface area (Å²) in [4.78, 5) is 21.3. The van der Waals surface area contributed by atoms with Crippen molar-refractivity contribution in [3.8, 4) is 0 Å². The Balaban J connectivity index is 1.61. The third kappa shape index (κ3) is 2.33. The molecule has 0 aliphatic carbocycles. The second kappa shape index (κ2) is 5.40. The van der Waals surface area contributed by atoms with E-state index in [-0.39, 0.29) is 0 Å². The van der Waals surface area contributed by atoms with Gasteiger partial charge >= 0.3 is 0 Å². The Hall–Kier alpha value is -2.86. The molecule has 0 saturated heterocycles. The van der Waals surface area contributed by atoms with Gasteiger partial charge in [-0.1, -0.05) is 18.2 Å². The zero-order valence-electron chi connectivity index (χ0n) is 12.4. The molecule has 4 rings (SSSR count). The molecule has 23 heavy (non-hydrogen) atoms. The number of amides is 1. The molecule has 0 radical (unpaired) electrons. The molecule has 116 valence electrons. The van der Waals surface area contributed by atoms with Gasteiger partial charge in [-0.3, -0.25) is 10.0 Å². The van der Waals surface area contributed by atoms with Gasteiger partial charge in [-0.2, -0.15) is 0 Å². The molecular formula is C17H16N4O2. The maximum atomic E-state index is 11.3. The molecule has 1 aliphatic rings. The fourth-order valence-electron chi connectivity index (χ4n) is 3.16. The number of hydrogen-bond donors (Lipinski definition) is 3. The van der Waals surface area contributed by atoms with Crippen molar-refractivity contribution in [2.45, 2.75) is 13.0 Å². The summed E-state index contributed by atoms with van der Waals surface area (Å²) in [6.07, 6.45) is 2.43. The lowest BCUT2D eigenvalue weighted by atomic mass is 10.0. The number of nitrogens with one attached hydrogen (secondary N) is 2. The van der Waals surface area contributed by atoms with Crippen LogP contribution in [0.3, 0.4) is 0 Å². The molecule has 1 amide bonds. The molecule has 0 fully saturated rings. The second-order valence-corrected chi connectivity index (χ2v) is 5.65. The van der Waals surface area contributed by atoms with Crippen molar-refractivity contribution in [1.82, 2.24) is 15.4 Å². The highest BCUT2D eigenvalue weighted by atomic mass is 16.5. The van der Waals surface area contributed by atoms with Crippen molar-refractivity contribution >= 4 is 22.6 Å². The number of anilines is 1. The van der Waals surface area contributed by atoms with Crippen molar-refractivity contribution in [2.75, 3.05) is 11.4 Å². The van der Waals surface area contributed by atoms with E-state index in [1.54, 1.807) is 17.6 Å². The van der Waals surface area contributed by atoms with Gasteiger partial charge in [0.2, 0.25) is 0 Å². The van der Waals surface area contributed by atoms with E-state index in [9.17, 15) is 4.79 Å². The summed E-state index contributed by atoms with van der Waals surface area (Å²) < 4.78 is 0. The molecule has 1 aromatic carbocycles. The minimum Gasteiger partial charge on any atom is -0.357 e. The minimum atomic E-state index is -0.555. The molecule has 0 atom stereocenters. The smallest absolute Gasteiger partial charge is 0.276 e.